The molecule has 3 N–H and O–H groups in total. The first-order chi connectivity index (χ1) is 7.79. The Kier molecular flexibility index (Phi) is 4.41. The molecule has 6 nitrogen and oxygen atoms in total. The fourth-order valence-corrected chi connectivity index (χ4v) is 1.70. The molecule has 7 heteroatoms. The lowest BCUT2D eigenvalue weighted by Crippen LogP contribution is -2.37. The summed E-state index contributed by atoms with van der Waals surface area (Å²) in [4.78, 5) is 22.7. The molecule has 0 aromatic carbocycles. The highest BCUT2D eigenvalue weighted by molar-refractivity contribution is 6.99. The van der Waals surface area contributed by atoms with Gasteiger partial charge in [-0.3, -0.25) is 14.0 Å². The summed E-state index contributed by atoms with van der Waals surface area (Å²) in [6.07, 6.45) is 0.723. The average Bonchev–Trinajstić information content (AvgIpc) is 2.57. The molecule has 0 aliphatic heterocycles. The van der Waals surface area contributed by atoms with Gasteiger partial charge in [0.1, 0.15) is 17.3 Å². The van der Waals surface area contributed by atoms with E-state index in [9.17, 15) is 9.59 Å². The van der Waals surface area contributed by atoms with Crippen LogP contribution in [0.15, 0.2) is 4.79 Å². The maximum Gasteiger partial charge on any atom is 0.323 e. The first kappa shape index (κ1) is 13.9. The van der Waals surface area contributed by atoms with Crippen LogP contribution in [0.4, 0.5) is 0 Å². The Morgan fingerprint density at radius 1 is 1.59 bits per heavy atom. The molecule has 1 atom stereocenters. The van der Waals surface area contributed by atoms with E-state index in [2.05, 4.69) is 8.75 Å². The second-order valence-electron chi connectivity index (χ2n) is 4.74. The van der Waals surface area contributed by atoms with E-state index < -0.39 is 17.6 Å². The van der Waals surface area contributed by atoms with Crippen molar-refractivity contribution >= 4 is 17.7 Å². The molecular formula is C10H17N3O3S. The van der Waals surface area contributed by atoms with Crippen LogP contribution in [-0.2, 0) is 16.0 Å². The Balaban J connectivity index is 2.45. The number of hydrogen-bond donors (Lipinski definition) is 2. The van der Waals surface area contributed by atoms with E-state index in [1.54, 1.807) is 20.8 Å². The number of aromatic nitrogens is 2. The number of rotatable bonds is 4. The summed E-state index contributed by atoms with van der Waals surface area (Å²) in [5, 5.41) is 0. The number of carbonyl (C=O) groups excluding carboxylic acids is 1. The van der Waals surface area contributed by atoms with Crippen molar-refractivity contribution < 1.29 is 9.53 Å². The molecule has 0 saturated carbocycles. The fraction of sp³-hybridized carbons (Fsp3) is 0.700. The largest absolute Gasteiger partial charge is 0.459 e. The molecule has 1 aromatic rings. The predicted molar refractivity (Wildman–Crippen MR) is 64.9 cm³/mol. The van der Waals surface area contributed by atoms with Crippen LogP contribution < -0.4 is 11.3 Å². The average molecular weight is 259 g/mol. The monoisotopic (exact) mass is 259 g/mol. The van der Waals surface area contributed by atoms with Crippen LogP contribution in [0.2, 0.25) is 0 Å². The fourth-order valence-electron chi connectivity index (χ4n) is 1.17. The second kappa shape index (κ2) is 5.42. The van der Waals surface area contributed by atoms with Crippen LogP contribution in [0.3, 0.4) is 0 Å². The Bertz CT molecular complexity index is 432. The molecule has 17 heavy (non-hydrogen) atoms. The lowest BCUT2D eigenvalue weighted by molar-refractivity contribution is -0.156. The number of aromatic amines is 1. The zero-order chi connectivity index (χ0) is 13.1. The summed E-state index contributed by atoms with van der Waals surface area (Å²) in [5.41, 5.74) is 5.33. The topological polar surface area (TPSA) is 98.1 Å². The summed E-state index contributed by atoms with van der Waals surface area (Å²) in [6.45, 7) is 5.34. The van der Waals surface area contributed by atoms with Crippen molar-refractivity contribution in [1.29, 1.82) is 0 Å². The lowest BCUT2D eigenvalue weighted by atomic mass is 10.1. The number of nitrogens with zero attached hydrogens (tertiary/aromatic N) is 1. The van der Waals surface area contributed by atoms with Gasteiger partial charge in [-0.2, -0.15) is 4.37 Å². The molecule has 96 valence electrons. The quantitative estimate of drug-likeness (QED) is 0.764. The van der Waals surface area contributed by atoms with E-state index >= 15 is 0 Å². The number of H-pyrrole nitrogens is 1. The van der Waals surface area contributed by atoms with Gasteiger partial charge in [-0.25, -0.2) is 0 Å². The van der Waals surface area contributed by atoms with Crippen molar-refractivity contribution in [3.05, 3.63) is 16.0 Å². The van der Waals surface area contributed by atoms with Crippen LogP contribution in [0, 0.1) is 0 Å². The van der Waals surface area contributed by atoms with Gasteiger partial charge in [-0.1, -0.05) is 0 Å². The number of nitrogens with one attached hydrogen (secondary N) is 1. The highest BCUT2D eigenvalue weighted by Gasteiger charge is 2.22. The molecule has 0 bridgehead atoms. The van der Waals surface area contributed by atoms with Crippen molar-refractivity contribution in [1.82, 2.24) is 8.75 Å². The molecule has 1 rings (SSSR count). The molecule has 0 spiro atoms. The molecule has 0 fully saturated rings. The number of ether oxygens (including phenoxy) is 1. The smallest absolute Gasteiger partial charge is 0.323 e. The molecule has 0 radical (unpaired) electrons. The standard InChI is InChI=1S/C10H17N3O3S/c1-10(2,3)16-9(15)6(11)4-5-7-8(14)13-17-12-7/h6H,4-5,11H2,1-3H3,(H,13,14)/t6-/m0/s1. The van der Waals surface area contributed by atoms with Gasteiger partial charge in [-0.05, 0) is 33.6 Å². The maximum atomic E-state index is 11.6. The van der Waals surface area contributed by atoms with E-state index in [0.717, 1.165) is 11.7 Å². The van der Waals surface area contributed by atoms with Gasteiger partial charge in [0.15, 0.2) is 0 Å². The number of nitrogens with two attached hydrogens (primary N) is 1. The highest BCUT2D eigenvalue weighted by atomic mass is 32.1. The minimum Gasteiger partial charge on any atom is -0.459 e. The van der Waals surface area contributed by atoms with E-state index in [1.807, 2.05) is 0 Å². The summed E-state index contributed by atoms with van der Waals surface area (Å²) >= 11 is 0.992. The third-order valence-corrected chi connectivity index (χ3v) is 2.55. The number of hydrogen-bond acceptors (Lipinski definition) is 6. The SMILES string of the molecule is CC(C)(C)OC(=O)[C@@H](N)CCc1ns[nH]c1=O. The van der Waals surface area contributed by atoms with Crippen LogP contribution in [0.5, 0.6) is 0 Å². The summed E-state index contributed by atoms with van der Waals surface area (Å²) in [7, 11) is 0. The first-order valence-corrected chi connectivity index (χ1v) is 6.08. The molecule has 1 heterocycles. The van der Waals surface area contributed by atoms with Crippen molar-refractivity contribution in [2.45, 2.75) is 45.3 Å². The normalized spacial score (nSPS) is 13.4. The number of carbonyl (C=O) groups is 1. The van der Waals surface area contributed by atoms with Gasteiger partial charge >= 0.3 is 5.97 Å². The van der Waals surface area contributed by atoms with Gasteiger partial charge in [0.25, 0.3) is 5.56 Å². The molecule has 0 aliphatic rings. The van der Waals surface area contributed by atoms with Crippen molar-refractivity contribution in [3.63, 3.8) is 0 Å². The van der Waals surface area contributed by atoms with Crippen LogP contribution in [-0.4, -0.2) is 26.4 Å². The molecule has 0 unspecified atom stereocenters. The van der Waals surface area contributed by atoms with Gasteiger partial charge in [0.2, 0.25) is 0 Å². The van der Waals surface area contributed by atoms with Crippen LogP contribution in [0.25, 0.3) is 0 Å². The van der Waals surface area contributed by atoms with Crippen LogP contribution >= 0.6 is 11.7 Å². The maximum absolute atomic E-state index is 11.6. The number of aryl methyl sites for hydroxylation is 1. The molecule has 0 amide bonds. The Morgan fingerprint density at radius 2 is 2.24 bits per heavy atom. The minimum atomic E-state index is -0.727. The van der Waals surface area contributed by atoms with E-state index in [0.29, 0.717) is 18.5 Å². The zero-order valence-electron chi connectivity index (χ0n) is 10.1. The van der Waals surface area contributed by atoms with Crippen molar-refractivity contribution in [2.75, 3.05) is 0 Å². The first-order valence-electron chi connectivity index (χ1n) is 5.31. The van der Waals surface area contributed by atoms with E-state index in [1.165, 1.54) is 0 Å². The molecule has 1 aromatic heterocycles. The van der Waals surface area contributed by atoms with Crippen LogP contribution in [0.1, 0.15) is 32.9 Å². The second-order valence-corrected chi connectivity index (χ2v) is 5.31. The Hall–Kier alpha value is -1.21. The number of esters is 1. The minimum absolute atomic E-state index is 0.216. The summed E-state index contributed by atoms with van der Waals surface area (Å²) < 4.78 is 11.5. The zero-order valence-corrected chi connectivity index (χ0v) is 11.0. The molecule has 0 aliphatic carbocycles. The summed E-state index contributed by atoms with van der Waals surface area (Å²) in [6, 6.07) is -0.727. The Morgan fingerprint density at radius 3 is 2.71 bits per heavy atom. The predicted octanol–water partition coefficient (Wildman–Crippen LogP) is 0.433. The van der Waals surface area contributed by atoms with Gasteiger partial charge in [0, 0.05) is 11.7 Å². The van der Waals surface area contributed by atoms with Crippen molar-refractivity contribution in [2.24, 2.45) is 5.73 Å². The highest BCUT2D eigenvalue weighted by Crippen LogP contribution is 2.09. The summed E-state index contributed by atoms with van der Waals surface area (Å²) in [5.74, 6) is -0.454. The molecule has 0 saturated heterocycles. The van der Waals surface area contributed by atoms with E-state index in [-0.39, 0.29) is 5.56 Å². The third-order valence-electron chi connectivity index (χ3n) is 1.96. The Labute approximate surface area is 103 Å². The van der Waals surface area contributed by atoms with Gasteiger partial charge < -0.3 is 10.5 Å². The van der Waals surface area contributed by atoms with E-state index in [4.69, 9.17) is 10.5 Å². The lowest BCUT2D eigenvalue weighted by Gasteiger charge is -2.21. The molecular weight excluding hydrogens is 242 g/mol. The third kappa shape index (κ3) is 4.66. The van der Waals surface area contributed by atoms with Crippen molar-refractivity contribution in [3.8, 4) is 0 Å². The van der Waals surface area contributed by atoms with Gasteiger partial charge in [-0.15, -0.1) is 0 Å². The van der Waals surface area contributed by atoms with Gasteiger partial charge in [0.05, 0.1) is 0 Å².